The molecule has 1 aromatic carbocycles. The number of carbonyl (C=O) groups excluding carboxylic acids is 1. The van der Waals surface area contributed by atoms with Crippen LogP contribution >= 0.6 is 0 Å². The number of likely N-dealkylation sites (tertiary alicyclic amines) is 1. The first-order valence-corrected chi connectivity index (χ1v) is 10.7. The van der Waals surface area contributed by atoms with Crippen LogP contribution in [-0.4, -0.2) is 54.8 Å². The third kappa shape index (κ3) is 3.75. The van der Waals surface area contributed by atoms with Crippen LogP contribution in [-0.2, 0) is 13.0 Å². The maximum absolute atomic E-state index is 13.4. The number of piperidine rings is 1. The molecule has 1 amide bonds. The molecule has 1 aromatic heterocycles. The van der Waals surface area contributed by atoms with Crippen LogP contribution < -0.4 is 19.8 Å². The molecular formula is C23H29N3O5. The molecule has 0 unspecified atom stereocenters. The summed E-state index contributed by atoms with van der Waals surface area (Å²) in [5, 5.41) is 0. The van der Waals surface area contributed by atoms with Crippen LogP contribution in [0.1, 0.15) is 52.6 Å². The summed E-state index contributed by atoms with van der Waals surface area (Å²) in [4.78, 5) is 31.9. The van der Waals surface area contributed by atoms with Crippen LogP contribution in [0.3, 0.4) is 0 Å². The maximum Gasteiger partial charge on any atom is 0.276 e. The van der Waals surface area contributed by atoms with Gasteiger partial charge in [-0.2, -0.15) is 4.98 Å². The molecule has 1 saturated heterocycles. The van der Waals surface area contributed by atoms with Gasteiger partial charge in [-0.05, 0) is 38.3 Å². The molecule has 2 aromatic rings. The van der Waals surface area contributed by atoms with Crippen LogP contribution in [0.15, 0.2) is 16.9 Å². The van der Waals surface area contributed by atoms with Gasteiger partial charge in [0.05, 0.1) is 21.3 Å². The number of rotatable bonds is 5. The van der Waals surface area contributed by atoms with E-state index in [0.29, 0.717) is 41.5 Å². The van der Waals surface area contributed by atoms with Gasteiger partial charge in [0.2, 0.25) is 5.75 Å². The van der Waals surface area contributed by atoms with E-state index in [4.69, 9.17) is 14.2 Å². The van der Waals surface area contributed by atoms with E-state index in [1.807, 2.05) is 11.8 Å². The third-order valence-corrected chi connectivity index (χ3v) is 6.33. The highest BCUT2D eigenvalue weighted by atomic mass is 16.5. The Morgan fingerprint density at radius 1 is 1.06 bits per heavy atom. The highest BCUT2D eigenvalue weighted by molar-refractivity contribution is 5.95. The molecule has 0 bridgehead atoms. The van der Waals surface area contributed by atoms with Gasteiger partial charge in [0.15, 0.2) is 11.5 Å². The molecule has 2 aliphatic rings. The predicted octanol–water partition coefficient (Wildman–Crippen LogP) is 2.54. The fraction of sp³-hybridized carbons (Fsp3) is 0.522. The van der Waals surface area contributed by atoms with Gasteiger partial charge in [0.25, 0.3) is 11.5 Å². The first kappa shape index (κ1) is 21.2. The number of carbonyl (C=O) groups is 1. The van der Waals surface area contributed by atoms with Gasteiger partial charge in [-0.15, -0.1) is 0 Å². The summed E-state index contributed by atoms with van der Waals surface area (Å²) in [6.07, 6.45) is 3.67. The van der Waals surface area contributed by atoms with E-state index in [1.165, 1.54) is 21.3 Å². The van der Waals surface area contributed by atoms with E-state index in [-0.39, 0.29) is 17.4 Å². The van der Waals surface area contributed by atoms with Crippen molar-refractivity contribution in [3.63, 3.8) is 0 Å². The van der Waals surface area contributed by atoms with Crippen LogP contribution in [0.2, 0.25) is 0 Å². The highest BCUT2D eigenvalue weighted by Crippen LogP contribution is 2.39. The van der Waals surface area contributed by atoms with Crippen molar-refractivity contribution in [2.75, 3.05) is 34.4 Å². The van der Waals surface area contributed by atoms with Gasteiger partial charge in [-0.25, -0.2) is 0 Å². The monoisotopic (exact) mass is 427 g/mol. The maximum atomic E-state index is 13.4. The second kappa shape index (κ2) is 8.61. The fourth-order valence-corrected chi connectivity index (χ4v) is 4.85. The molecule has 1 atom stereocenters. The molecule has 166 valence electrons. The fourth-order valence-electron chi connectivity index (χ4n) is 4.85. The number of ether oxygens (including phenoxy) is 3. The minimum Gasteiger partial charge on any atom is -0.493 e. The number of hydrogen-bond acceptors (Lipinski definition) is 6. The Morgan fingerprint density at radius 2 is 1.77 bits per heavy atom. The molecule has 2 aliphatic heterocycles. The average molecular weight is 428 g/mol. The van der Waals surface area contributed by atoms with E-state index < -0.39 is 0 Å². The second-order valence-electron chi connectivity index (χ2n) is 8.10. The Balaban J connectivity index is 1.65. The van der Waals surface area contributed by atoms with Gasteiger partial charge in [-0.1, -0.05) is 0 Å². The first-order chi connectivity index (χ1) is 15.0. The lowest BCUT2D eigenvalue weighted by Crippen LogP contribution is -2.40. The van der Waals surface area contributed by atoms with Crippen molar-refractivity contribution < 1.29 is 19.0 Å². The smallest absolute Gasteiger partial charge is 0.276 e. The van der Waals surface area contributed by atoms with E-state index in [0.717, 1.165) is 43.7 Å². The number of aryl methyl sites for hydroxylation is 1. The lowest BCUT2D eigenvalue weighted by atomic mass is 9.91. The Hall–Kier alpha value is -3.03. The lowest BCUT2D eigenvalue weighted by Gasteiger charge is -2.34. The zero-order valence-corrected chi connectivity index (χ0v) is 18.6. The number of aromatic nitrogens is 2. The highest BCUT2D eigenvalue weighted by Gasteiger charge is 2.31. The second-order valence-corrected chi connectivity index (χ2v) is 8.10. The summed E-state index contributed by atoms with van der Waals surface area (Å²) < 4.78 is 18.4. The summed E-state index contributed by atoms with van der Waals surface area (Å²) in [7, 11) is 4.61. The van der Waals surface area contributed by atoms with Crippen LogP contribution in [0.25, 0.3) is 0 Å². The SMILES string of the molecule is COc1cc(C(=O)N2CCC[C@@H](c3c(C)c(=O)nc4n3CCC4)C2)cc(OC)c1OC. The Kier molecular flexibility index (Phi) is 5.89. The van der Waals surface area contributed by atoms with Gasteiger partial charge in [0, 0.05) is 48.8 Å². The largest absolute Gasteiger partial charge is 0.493 e. The number of fused-ring (bicyclic) bond motifs is 1. The number of methoxy groups -OCH3 is 3. The summed E-state index contributed by atoms with van der Waals surface area (Å²) in [6, 6.07) is 3.38. The Morgan fingerprint density at radius 3 is 2.42 bits per heavy atom. The van der Waals surface area contributed by atoms with Crippen molar-refractivity contribution >= 4 is 5.91 Å². The summed E-state index contributed by atoms with van der Waals surface area (Å²) in [6.45, 7) is 3.98. The molecule has 0 N–H and O–H groups in total. The number of hydrogen-bond donors (Lipinski definition) is 0. The summed E-state index contributed by atoms with van der Waals surface area (Å²) in [5.74, 6) is 2.27. The minimum atomic E-state index is -0.142. The number of benzene rings is 1. The van der Waals surface area contributed by atoms with Crippen LogP contribution in [0.5, 0.6) is 17.2 Å². The van der Waals surface area contributed by atoms with E-state index in [1.54, 1.807) is 12.1 Å². The summed E-state index contributed by atoms with van der Waals surface area (Å²) >= 11 is 0. The van der Waals surface area contributed by atoms with Crippen molar-refractivity contribution in [3.8, 4) is 17.2 Å². The average Bonchev–Trinajstić information content (AvgIpc) is 3.25. The lowest BCUT2D eigenvalue weighted by molar-refractivity contribution is 0.0703. The molecule has 8 nitrogen and oxygen atoms in total. The topological polar surface area (TPSA) is 82.9 Å². The molecule has 31 heavy (non-hydrogen) atoms. The molecular weight excluding hydrogens is 398 g/mol. The van der Waals surface area contributed by atoms with Gasteiger partial charge in [0.1, 0.15) is 5.82 Å². The zero-order valence-electron chi connectivity index (χ0n) is 18.6. The predicted molar refractivity (Wildman–Crippen MR) is 116 cm³/mol. The van der Waals surface area contributed by atoms with Gasteiger partial charge < -0.3 is 23.7 Å². The van der Waals surface area contributed by atoms with Crippen molar-refractivity contribution in [3.05, 3.63) is 45.1 Å². The first-order valence-electron chi connectivity index (χ1n) is 10.7. The van der Waals surface area contributed by atoms with Crippen molar-refractivity contribution in [2.24, 2.45) is 0 Å². The molecule has 3 heterocycles. The molecule has 8 heteroatoms. The quantitative estimate of drug-likeness (QED) is 0.729. The summed E-state index contributed by atoms with van der Waals surface area (Å²) in [5.41, 5.74) is 2.10. The van der Waals surface area contributed by atoms with Crippen molar-refractivity contribution in [1.82, 2.24) is 14.5 Å². The standard InChI is InChI=1S/C23H29N3O5/c1-14-20(26-10-6-8-19(26)24-22(14)27)15-7-5-9-25(13-15)23(28)16-11-17(29-2)21(31-4)18(12-16)30-3/h11-12,15H,5-10,13H2,1-4H3/t15-/m1/s1. The van der Waals surface area contributed by atoms with Crippen LogP contribution in [0.4, 0.5) is 0 Å². The molecule has 0 aliphatic carbocycles. The van der Waals surface area contributed by atoms with Crippen molar-refractivity contribution in [1.29, 1.82) is 0 Å². The van der Waals surface area contributed by atoms with Crippen LogP contribution in [0, 0.1) is 6.92 Å². The molecule has 1 fully saturated rings. The number of nitrogens with zero attached hydrogens (tertiary/aromatic N) is 3. The van der Waals surface area contributed by atoms with Gasteiger partial charge in [-0.3, -0.25) is 9.59 Å². The number of amides is 1. The minimum absolute atomic E-state index is 0.0837. The third-order valence-electron chi connectivity index (χ3n) is 6.33. The normalized spacial score (nSPS) is 17.9. The van der Waals surface area contributed by atoms with E-state index >= 15 is 0 Å². The molecule has 0 radical (unpaired) electrons. The molecule has 4 rings (SSSR count). The Labute approximate surface area is 181 Å². The zero-order chi connectivity index (χ0) is 22.1. The van der Waals surface area contributed by atoms with E-state index in [2.05, 4.69) is 9.55 Å². The van der Waals surface area contributed by atoms with E-state index in [9.17, 15) is 9.59 Å². The molecule has 0 saturated carbocycles. The Bertz CT molecular complexity index is 1040. The van der Waals surface area contributed by atoms with Crippen molar-refractivity contribution in [2.45, 2.75) is 45.1 Å². The van der Waals surface area contributed by atoms with Gasteiger partial charge >= 0.3 is 0 Å². The molecule has 0 spiro atoms.